The van der Waals surface area contributed by atoms with Crippen molar-refractivity contribution < 1.29 is 9.72 Å². The first kappa shape index (κ1) is 16.9. The van der Waals surface area contributed by atoms with Crippen LogP contribution in [0.2, 0.25) is 0 Å². The lowest BCUT2D eigenvalue weighted by atomic mass is 10.1. The Hall–Kier alpha value is -2.11. The van der Waals surface area contributed by atoms with E-state index in [2.05, 4.69) is 5.32 Å². The van der Waals surface area contributed by atoms with Crippen LogP contribution in [-0.4, -0.2) is 30.5 Å². The zero-order valence-corrected chi connectivity index (χ0v) is 13.2. The third-order valence-electron chi connectivity index (χ3n) is 2.90. The van der Waals surface area contributed by atoms with Gasteiger partial charge < -0.3 is 10.2 Å². The standard InChI is InChI=1S/C15H23N3O3/c1-10(2)9-17(5)13-7-6-12(8-14(13)18(20)21)15(19)16-11(3)4/h6-8,10-11H,9H2,1-5H3,(H,16,19). The monoisotopic (exact) mass is 293 g/mol. The van der Waals surface area contributed by atoms with E-state index in [1.54, 1.807) is 12.1 Å². The molecule has 6 nitrogen and oxygen atoms in total. The van der Waals surface area contributed by atoms with Crippen LogP contribution in [0, 0.1) is 16.0 Å². The Bertz CT molecular complexity index is 527. The molecule has 0 aliphatic heterocycles. The topological polar surface area (TPSA) is 75.5 Å². The predicted molar refractivity (Wildman–Crippen MR) is 83.8 cm³/mol. The lowest BCUT2D eigenvalue weighted by Gasteiger charge is -2.21. The van der Waals surface area contributed by atoms with Crippen molar-refractivity contribution in [2.75, 3.05) is 18.5 Å². The molecule has 0 saturated carbocycles. The van der Waals surface area contributed by atoms with Crippen molar-refractivity contribution in [3.05, 3.63) is 33.9 Å². The number of benzene rings is 1. The molecule has 21 heavy (non-hydrogen) atoms. The number of hydrogen-bond acceptors (Lipinski definition) is 4. The first-order valence-corrected chi connectivity index (χ1v) is 7.02. The molecule has 6 heteroatoms. The van der Waals surface area contributed by atoms with Gasteiger partial charge in [0.15, 0.2) is 0 Å². The van der Waals surface area contributed by atoms with Crippen molar-refractivity contribution in [2.45, 2.75) is 33.7 Å². The van der Waals surface area contributed by atoms with E-state index in [0.717, 1.165) is 0 Å². The molecule has 0 unspecified atom stereocenters. The second-order valence-electron chi connectivity index (χ2n) is 5.86. The van der Waals surface area contributed by atoms with Crippen molar-refractivity contribution in [1.29, 1.82) is 0 Å². The third kappa shape index (κ3) is 4.73. The molecule has 0 saturated heterocycles. The van der Waals surface area contributed by atoms with Crippen LogP contribution >= 0.6 is 0 Å². The maximum atomic E-state index is 11.9. The summed E-state index contributed by atoms with van der Waals surface area (Å²) in [5, 5.41) is 14.0. The van der Waals surface area contributed by atoms with Gasteiger partial charge in [0, 0.05) is 31.3 Å². The Morgan fingerprint density at radius 1 is 1.33 bits per heavy atom. The van der Waals surface area contributed by atoms with Gasteiger partial charge in [0.1, 0.15) is 5.69 Å². The molecule has 0 atom stereocenters. The van der Waals surface area contributed by atoms with E-state index in [1.165, 1.54) is 6.07 Å². The van der Waals surface area contributed by atoms with Gasteiger partial charge in [-0.3, -0.25) is 14.9 Å². The van der Waals surface area contributed by atoms with E-state index in [9.17, 15) is 14.9 Å². The van der Waals surface area contributed by atoms with Crippen LogP contribution in [-0.2, 0) is 0 Å². The molecule has 0 fully saturated rings. The highest BCUT2D eigenvalue weighted by atomic mass is 16.6. The maximum Gasteiger partial charge on any atom is 0.293 e. The number of rotatable bonds is 6. The van der Waals surface area contributed by atoms with Gasteiger partial charge in [0.25, 0.3) is 11.6 Å². The van der Waals surface area contributed by atoms with Crippen LogP contribution in [0.3, 0.4) is 0 Å². The summed E-state index contributed by atoms with van der Waals surface area (Å²) in [4.78, 5) is 24.6. The molecule has 0 aliphatic rings. The van der Waals surface area contributed by atoms with E-state index in [1.807, 2.05) is 39.6 Å². The SMILES string of the molecule is CC(C)CN(C)c1ccc(C(=O)NC(C)C)cc1[N+](=O)[O-]. The fourth-order valence-electron chi connectivity index (χ4n) is 2.13. The molecule has 0 heterocycles. The van der Waals surface area contributed by atoms with Gasteiger partial charge in [-0.2, -0.15) is 0 Å². The van der Waals surface area contributed by atoms with E-state index in [-0.39, 0.29) is 17.6 Å². The largest absolute Gasteiger partial charge is 0.369 e. The minimum atomic E-state index is -0.446. The second kappa shape index (κ2) is 7.06. The average molecular weight is 293 g/mol. The Morgan fingerprint density at radius 3 is 2.43 bits per heavy atom. The molecular weight excluding hydrogens is 270 g/mol. The molecule has 0 aromatic heterocycles. The summed E-state index contributed by atoms with van der Waals surface area (Å²) in [6.07, 6.45) is 0. The number of nitro groups is 1. The fraction of sp³-hybridized carbons (Fsp3) is 0.533. The molecule has 116 valence electrons. The van der Waals surface area contributed by atoms with Crippen LogP contribution in [0.25, 0.3) is 0 Å². The Labute approximate surface area is 125 Å². The number of carbonyl (C=O) groups excluding carboxylic acids is 1. The van der Waals surface area contributed by atoms with Crippen molar-refractivity contribution in [1.82, 2.24) is 5.32 Å². The van der Waals surface area contributed by atoms with Gasteiger partial charge in [-0.1, -0.05) is 13.8 Å². The molecule has 0 spiro atoms. The fourth-order valence-corrected chi connectivity index (χ4v) is 2.13. The molecule has 1 aromatic rings. The normalized spacial score (nSPS) is 10.8. The number of carbonyl (C=O) groups is 1. The second-order valence-corrected chi connectivity index (χ2v) is 5.86. The molecule has 1 aromatic carbocycles. The number of amides is 1. The van der Waals surface area contributed by atoms with Crippen LogP contribution in [0.5, 0.6) is 0 Å². The van der Waals surface area contributed by atoms with E-state index in [4.69, 9.17) is 0 Å². The highest BCUT2D eigenvalue weighted by Gasteiger charge is 2.20. The quantitative estimate of drug-likeness (QED) is 0.646. The average Bonchev–Trinajstić information content (AvgIpc) is 2.36. The molecular formula is C15H23N3O3. The van der Waals surface area contributed by atoms with Crippen LogP contribution in [0.1, 0.15) is 38.1 Å². The Balaban J connectivity index is 3.13. The minimum absolute atomic E-state index is 0.0140. The smallest absolute Gasteiger partial charge is 0.293 e. The van der Waals surface area contributed by atoms with Crippen LogP contribution in [0.15, 0.2) is 18.2 Å². The zero-order chi connectivity index (χ0) is 16.2. The molecule has 0 bridgehead atoms. The summed E-state index contributed by atoms with van der Waals surface area (Å²) in [7, 11) is 1.82. The van der Waals surface area contributed by atoms with Crippen LogP contribution in [0.4, 0.5) is 11.4 Å². The van der Waals surface area contributed by atoms with Crippen LogP contribution < -0.4 is 10.2 Å². The molecule has 1 rings (SSSR count). The van der Waals surface area contributed by atoms with E-state index >= 15 is 0 Å². The van der Waals surface area contributed by atoms with Crippen molar-refractivity contribution in [2.24, 2.45) is 5.92 Å². The number of nitrogens with one attached hydrogen (secondary N) is 1. The summed E-state index contributed by atoms with van der Waals surface area (Å²) >= 11 is 0. The number of hydrogen-bond donors (Lipinski definition) is 1. The number of anilines is 1. The van der Waals surface area contributed by atoms with E-state index in [0.29, 0.717) is 23.7 Å². The first-order chi connectivity index (χ1) is 9.72. The summed E-state index contributed by atoms with van der Waals surface area (Å²) < 4.78 is 0. The van der Waals surface area contributed by atoms with Gasteiger partial charge in [0.2, 0.25) is 0 Å². The molecule has 1 N–H and O–H groups in total. The van der Waals surface area contributed by atoms with Gasteiger partial charge in [-0.15, -0.1) is 0 Å². The maximum absolute atomic E-state index is 11.9. The number of nitro benzene ring substituents is 1. The lowest BCUT2D eigenvalue weighted by Crippen LogP contribution is -2.30. The third-order valence-corrected chi connectivity index (χ3v) is 2.90. The highest BCUT2D eigenvalue weighted by molar-refractivity contribution is 5.95. The zero-order valence-electron chi connectivity index (χ0n) is 13.2. The van der Waals surface area contributed by atoms with Gasteiger partial charge in [-0.05, 0) is 31.9 Å². The van der Waals surface area contributed by atoms with Crippen molar-refractivity contribution in [3.8, 4) is 0 Å². The van der Waals surface area contributed by atoms with E-state index < -0.39 is 4.92 Å². The number of nitrogens with zero attached hydrogens (tertiary/aromatic N) is 2. The summed E-state index contributed by atoms with van der Waals surface area (Å²) in [6, 6.07) is 4.58. The van der Waals surface area contributed by atoms with Gasteiger partial charge >= 0.3 is 0 Å². The highest BCUT2D eigenvalue weighted by Crippen LogP contribution is 2.29. The molecule has 0 aliphatic carbocycles. The van der Waals surface area contributed by atoms with Crippen molar-refractivity contribution in [3.63, 3.8) is 0 Å². The Morgan fingerprint density at radius 2 is 1.95 bits per heavy atom. The summed E-state index contributed by atoms with van der Waals surface area (Å²) in [5.74, 6) is 0.0877. The summed E-state index contributed by atoms with van der Waals surface area (Å²) in [6.45, 7) is 8.49. The Kier molecular flexibility index (Phi) is 5.69. The van der Waals surface area contributed by atoms with Gasteiger partial charge in [0.05, 0.1) is 4.92 Å². The van der Waals surface area contributed by atoms with Gasteiger partial charge in [-0.25, -0.2) is 0 Å². The summed E-state index contributed by atoms with van der Waals surface area (Å²) in [5.41, 5.74) is 0.779. The lowest BCUT2D eigenvalue weighted by molar-refractivity contribution is -0.384. The van der Waals surface area contributed by atoms with Crippen molar-refractivity contribution >= 4 is 17.3 Å². The first-order valence-electron chi connectivity index (χ1n) is 7.02. The molecule has 0 radical (unpaired) electrons. The molecule has 1 amide bonds. The predicted octanol–water partition coefficient (Wildman–Crippen LogP) is 2.83. The minimum Gasteiger partial charge on any atom is -0.369 e.